The van der Waals surface area contributed by atoms with Crippen molar-refractivity contribution in [2.45, 2.75) is 45.2 Å². The van der Waals surface area contributed by atoms with Gasteiger partial charge in [0.25, 0.3) is 0 Å². The molecule has 28 heavy (non-hydrogen) atoms. The quantitative estimate of drug-likeness (QED) is 0.526. The van der Waals surface area contributed by atoms with Crippen molar-refractivity contribution in [3.8, 4) is 5.75 Å². The van der Waals surface area contributed by atoms with Gasteiger partial charge in [-0.3, -0.25) is 0 Å². The Labute approximate surface area is 171 Å². The zero-order valence-corrected chi connectivity index (χ0v) is 17.1. The smallest absolute Gasteiger partial charge is 0.173 e. The Bertz CT molecular complexity index is 928. The van der Waals surface area contributed by atoms with E-state index >= 15 is 0 Å². The zero-order valence-electron chi connectivity index (χ0n) is 16.3. The maximum atomic E-state index is 5.85. The molecular formula is C23H27N3OS. The normalized spacial score (nSPS) is 14.3. The van der Waals surface area contributed by atoms with Gasteiger partial charge in [0.1, 0.15) is 5.75 Å². The largest absolute Gasteiger partial charge is 0.494 e. The molecule has 1 heterocycles. The highest BCUT2D eigenvalue weighted by Crippen LogP contribution is 2.28. The van der Waals surface area contributed by atoms with Gasteiger partial charge in [0.05, 0.1) is 6.61 Å². The van der Waals surface area contributed by atoms with Gasteiger partial charge in [-0.05, 0) is 67.9 Å². The second kappa shape index (κ2) is 8.65. The molecule has 2 N–H and O–H groups in total. The van der Waals surface area contributed by atoms with Crippen molar-refractivity contribution in [3.05, 3.63) is 60.3 Å². The van der Waals surface area contributed by atoms with Crippen LogP contribution in [0, 0.1) is 0 Å². The van der Waals surface area contributed by atoms with Crippen molar-refractivity contribution in [1.82, 2.24) is 9.88 Å². The van der Waals surface area contributed by atoms with Crippen molar-refractivity contribution in [3.63, 3.8) is 0 Å². The van der Waals surface area contributed by atoms with Crippen LogP contribution in [0.5, 0.6) is 5.75 Å². The van der Waals surface area contributed by atoms with E-state index in [4.69, 9.17) is 17.0 Å². The summed E-state index contributed by atoms with van der Waals surface area (Å²) in [5.41, 5.74) is 3.46. The molecule has 0 unspecified atom stereocenters. The molecule has 2 aromatic carbocycles. The third-order valence-electron chi connectivity index (χ3n) is 5.46. The minimum atomic E-state index is 0.497. The lowest BCUT2D eigenvalue weighted by Crippen LogP contribution is -2.40. The molecule has 146 valence electrons. The summed E-state index contributed by atoms with van der Waals surface area (Å²) in [5, 5.41) is 5.51. The second-order valence-electron chi connectivity index (χ2n) is 7.31. The second-order valence-corrected chi connectivity index (χ2v) is 7.70. The molecule has 0 bridgehead atoms. The van der Waals surface area contributed by atoms with Crippen molar-refractivity contribution in [1.29, 1.82) is 0 Å². The molecule has 0 radical (unpaired) electrons. The first kappa shape index (κ1) is 18.8. The first-order chi connectivity index (χ1) is 13.7. The van der Waals surface area contributed by atoms with Crippen LogP contribution in [0.2, 0.25) is 0 Å². The summed E-state index contributed by atoms with van der Waals surface area (Å²) >= 11 is 5.85. The van der Waals surface area contributed by atoms with E-state index in [-0.39, 0.29) is 0 Å². The molecule has 1 aromatic heterocycles. The summed E-state index contributed by atoms with van der Waals surface area (Å²) in [5.74, 6) is 0.880. The van der Waals surface area contributed by atoms with Gasteiger partial charge < -0.3 is 19.9 Å². The molecule has 1 saturated carbocycles. The SMILES string of the molecule is CCOc1ccc(NC(=S)N(Cc2c[nH]c3ccccc23)C2CCCC2)cc1. The lowest BCUT2D eigenvalue weighted by Gasteiger charge is -2.31. The Balaban J connectivity index is 1.52. The molecule has 0 spiro atoms. The van der Waals surface area contributed by atoms with Crippen LogP contribution < -0.4 is 10.1 Å². The van der Waals surface area contributed by atoms with Gasteiger partial charge in [0.15, 0.2) is 5.11 Å². The number of rotatable bonds is 6. The summed E-state index contributed by atoms with van der Waals surface area (Å²) in [6, 6.07) is 17.0. The fraction of sp³-hybridized carbons (Fsp3) is 0.348. The van der Waals surface area contributed by atoms with Crippen LogP contribution in [0.15, 0.2) is 54.7 Å². The number of aromatic amines is 1. The van der Waals surface area contributed by atoms with Crippen LogP contribution in [0.4, 0.5) is 5.69 Å². The minimum absolute atomic E-state index is 0.497. The van der Waals surface area contributed by atoms with Gasteiger partial charge in [-0.25, -0.2) is 0 Å². The summed E-state index contributed by atoms with van der Waals surface area (Å²) in [4.78, 5) is 5.76. The van der Waals surface area contributed by atoms with Crippen LogP contribution in [0.1, 0.15) is 38.2 Å². The molecule has 1 fully saturated rings. The summed E-state index contributed by atoms with van der Waals surface area (Å²) < 4.78 is 5.53. The number of H-pyrrole nitrogens is 1. The average molecular weight is 394 g/mol. The maximum Gasteiger partial charge on any atom is 0.173 e. The van der Waals surface area contributed by atoms with E-state index in [0.717, 1.165) is 23.1 Å². The molecule has 4 nitrogen and oxygen atoms in total. The van der Waals surface area contributed by atoms with Crippen molar-refractivity contribution in [2.24, 2.45) is 0 Å². The fourth-order valence-corrected chi connectivity index (χ4v) is 4.36. The predicted molar refractivity (Wildman–Crippen MR) is 120 cm³/mol. The number of para-hydroxylation sites is 1. The van der Waals surface area contributed by atoms with E-state index < -0.39 is 0 Å². The third kappa shape index (κ3) is 4.14. The van der Waals surface area contributed by atoms with Gasteiger partial charge in [-0.1, -0.05) is 31.0 Å². The summed E-state index contributed by atoms with van der Waals surface area (Å²) in [7, 11) is 0. The zero-order chi connectivity index (χ0) is 19.3. The third-order valence-corrected chi connectivity index (χ3v) is 5.80. The van der Waals surface area contributed by atoms with Crippen LogP contribution in [-0.4, -0.2) is 27.6 Å². The highest BCUT2D eigenvalue weighted by molar-refractivity contribution is 7.80. The molecule has 1 aliphatic carbocycles. The first-order valence-corrected chi connectivity index (χ1v) is 10.5. The molecule has 0 saturated heterocycles. The Morgan fingerprint density at radius 2 is 1.89 bits per heavy atom. The number of benzene rings is 2. The molecule has 1 aliphatic rings. The highest BCUT2D eigenvalue weighted by atomic mass is 32.1. The average Bonchev–Trinajstić information content (AvgIpc) is 3.38. The molecule has 5 heteroatoms. The number of aromatic nitrogens is 1. The maximum absolute atomic E-state index is 5.85. The number of thiocarbonyl (C=S) groups is 1. The number of ether oxygens (including phenoxy) is 1. The van der Waals surface area contributed by atoms with Crippen LogP contribution in [0.3, 0.4) is 0 Å². The van der Waals surface area contributed by atoms with Crippen molar-refractivity contribution >= 4 is 33.9 Å². The van der Waals surface area contributed by atoms with Gasteiger partial charge in [0.2, 0.25) is 0 Å². The monoisotopic (exact) mass is 393 g/mol. The lowest BCUT2D eigenvalue weighted by molar-refractivity contribution is 0.313. The summed E-state index contributed by atoms with van der Waals surface area (Å²) in [6.45, 7) is 3.48. The Morgan fingerprint density at radius 3 is 2.64 bits per heavy atom. The van der Waals surface area contributed by atoms with Crippen molar-refractivity contribution < 1.29 is 4.74 Å². The lowest BCUT2D eigenvalue weighted by atomic mass is 10.1. The standard InChI is InChI=1S/C23H27N3OS/c1-2-27-20-13-11-18(12-14-20)25-23(28)26(19-7-3-4-8-19)16-17-15-24-22-10-6-5-9-21(17)22/h5-6,9-15,19,24H,2-4,7-8,16H2,1H3,(H,25,28). The number of nitrogens with zero attached hydrogens (tertiary/aromatic N) is 1. The van der Waals surface area contributed by atoms with E-state index in [1.165, 1.54) is 42.1 Å². The van der Waals surface area contributed by atoms with E-state index in [0.29, 0.717) is 12.6 Å². The molecule has 0 amide bonds. The highest BCUT2D eigenvalue weighted by Gasteiger charge is 2.25. The Morgan fingerprint density at radius 1 is 1.14 bits per heavy atom. The molecule has 0 aliphatic heterocycles. The first-order valence-electron chi connectivity index (χ1n) is 10.1. The van der Waals surface area contributed by atoms with E-state index in [1.54, 1.807) is 0 Å². The predicted octanol–water partition coefficient (Wildman–Crippen LogP) is 5.71. The topological polar surface area (TPSA) is 40.3 Å². The number of anilines is 1. The Kier molecular flexibility index (Phi) is 5.81. The van der Waals surface area contributed by atoms with Gasteiger partial charge in [-0.15, -0.1) is 0 Å². The fourth-order valence-electron chi connectivity index (χ4n) is 4.03. The van der Waals surface area contributed by atoms with Gasteiger partial charge in [-0.2, -0.15) is 0 Å². The number of nitrogens with one attached hydrogen (secondary N) is 2. The number of hydrogen-bond donors (Lipinski definition) is 2. The van der Waals surface area contributed by atoms with Crippen LogP contribution in [-0.2, 0) is 6.54 Å². The van der Waals surface area contributed by atoms with Crippen LogP contribution >= 0.6 is 12.2 Å². The van der Waals surface area contributed by atoms with E-state index in [9.17, 15) is 0 Å². The van der Waals surface area contributed by atoms with E-state index in [2.05, 4.69) is 45.7 Å². The van der Waals surface area contributed by atoms with Crippen LogP contribution in [0.25, 0.3) is 10.9 Å². The van der Waals surface area contributed by atoms with Gasteiger partial charge in [0, 0.05) is 35.4 Å². The Hall–Kier alpha value is -2.53. The molecule has 0 atom stereocenters. The number of fused-ring (bicyclic) bond motifs is 1. The summed E-state index contributed by atoms with van der Waals surface area (Å²) in [6.07, 6.45) is 7.08. The molecular weight excluding hydrogens is 366 g/mol. The molecule has 4 rings (SSSR count). The van der Waals surface area contributed by atoms with Gasteiger partial charge >= 0.3 is 0 Å². The molecule has 3 aromatic rings. The number of hydrogen-bond acceptors (Lipinski definition) is 2. The van der Waals surface area contributed by atoms with Crippen molar-refractivity contribution in [2.75, 3.05) is 11.9 Å². The minimum Gasteiger partial charge on any atom is -0.494 e. The van der Waals surface area contributed by atoms with E-state index in [1.807, 2.05) is 31.2 Å².